The van der Waals surface area contributed by atoms with E-state index >= 15 is 0 Å². The van der Waals surface area contributed by atoms with Gasteiger partial charge in [-0.3, -0.25) is 9.59 Å². The number of carbonyl (C=O) groups is 2. The molecule has 0 spiro atoms. The summed E-state index contributed by atoms with van der Waals surface area (Å²) in [5.41, 5.74) is 1.68. The lowest BCUT2D eigenvalue weighted by molar-refractivity contribution is 0.0983. The van der Waals surface area contributed by atoms with E-state index in [1.54, 1.807) is 13.0 Å². The molecule has 2 rings (SSSR count). The van der Waals surface area contributed by atoms with Gasteiger partial charge < -0.3 is 0 Å². The Morgan fingerprint density at radius 1 is 1.06 bits per heavy atom. The van der Waals surface area contributed by atoms with E-state index in [-0.39, 0.29) is 11.6 Å². The first-order valence-corrected chi connectivity index (χ1v) is 6.13. The smallest absolute Gasteiger partial charge is 0.180 e. The normalized spacial score (nSPS) is 10.6. The average molecular weight is 241 g/mol. The predicted octanol–water partition coefficient (Wildman–Crippen LogP) is 3.42. The molecule has 0 unspecified atom stereocenters. The number of rotatable bonds is 4. The van der Waals surface area contributed by atoms with E-state index in [1.807, 2.05) is 31.2 Å². The van der Waals surface area contributed by atoms with Crippen molar-refractivity contribution in [3.8, 4) is 0 Å². The predicted molar refractivity (Wildman–Crippen MR) is 71.0 cm³/mol. The van der Waals surface area contributed by atoms with E-state index in [0.717, 1.165) is 5.39 Å². The molecule has 0 saturated carbocycles. The second-order valence-corrected chi connectivity index (χ2v) is 4.13. The fourth-order valence-corrected chi connectivity index (χ4v) is 1.92. The van der Waals surface area contributed by atoms with Gasteiger partial charge in [0.1, 0.15) is 5.69 Å². The maximum absolute atomic E-state index is 12.0. The zero-order valence-electron chi connectivity index (χ0n) is 10.6. The van der Waals surface area contributed by atoms with Crippen molar-refractivity contribution in [2.24, 2.45) is 0 Å². The first-order valence-electron chi connectivity index (χ1n) is 6.13. The maximum Gasteiger partial charge on any atom is 0.180 e. The number of hydrogen-bond acceptors (Lipinski definition) is 3. The summed E-state index contributed by atoms with van der Waals surface area (Å²) in [7, 11) is 0. The highest BCUT2D eigenvalue weighted by molar-refractivity contribution is 6.09. The quantitative estimate of drug-likeness (QED) is 0.770. The topological polar surface area (TPSA) is 47.0 Å². The van der Waals surface area contributed by atoms with Crippen molar-refractivity contribution in [2.75, 3.05) is 0 Å². The van der Waals surface area contributed by atoms with Gasteiger partial charge in [0.2, 0.25) is 0 Å². The first kappa shape index (κ1) is 12.4. The molecule has 3 nitrogen and oxygen atoms in total. The lowest BCUT2D eigenvalue weighted by Gasteiger charge is -2.07. The van der Waals surface area contributed by atoms with Gasteiger partial charge in [-0.05, 0) is 12.1 Å². The molecule has 0 radical (unpaired) electrons. The van der Waals surface area contributed by atoms with Gasteiger partial charge in [0.05, 0.1) is 5.52 Å². The van der Waals surface area contributed by atoms with Gasteiger partial charge >= 0.3 is 0 Å². The fraction of sp³-hybridized carbons (Fsp3) is 0.267. The third-order valence-electron chi connectivity index (χ3n) is 2.94. The number of para-hydroxylation sites is 1. The number of nitrogens with zero attached hydrogens (tertiary/aromatic N) is 1. The molecule has 0 N–H and O–H groups in total. The maximum atomic E-state index is 12.0. The molecule has 1 aromatic heterocycles. The number of ketones is 2. The summed E-state index contributed by atoms with van der Waals surface area (Å²) < 4.78 is 0. The van der Waals surface area contributed by atoms with Crippen LogP contribution in [0.3, 0.4) is 0 Å². The molecule has 0 bridgehead atoms. The minimum atomic E-state index is -0.0362. The highest BCUT2D eigenvalue weighted by Gasteiger charge is 2.14. The van der Waals surface area contributed by atoms with E-state index in [4.69, 9.17) is 0 Å². The molecule has 2 aromatic rings. The summed E-state index contributed by atoms with van der Waals surface area (Å²) in [6, 6.07) is 9.05. The molecule has 1 aromatic carbocycles. The van der Waals surface area contributed by atoms with Gasteiger partial charge in [-0.25, -0.2) is 4.98 Å². The molecule has 0 fully saturated rings. The van der Waals surface area contributed by atoms with Crippen molar-refractivity contribution in [1.29, 1.82) is 0 Å². The van der Waals surface area contributed by atoms with E-state index in [9.17, 15) is 9.59 Å². The number of pyridine rings is 1. The van der Waals surface area contributed by atoms with Crippen LogP contribution in [0.5, 0.6) is 0 Å². The Morgan fingerprint density at radius 2 is 1.72 bits per heavy atom. The molecular weight excluding hydrogens is 226 g/mol. The fourth-order valence-electron chi connectivity index (χ4n) is 1.92. The molecule has 0 aliphatic heterocycles. The molecule has 0 aliphatic rings. The number of carbonyl (C=O) groups excluding carboxylic acids is 2. The molecular formula is C15H15NO2. The zero-order valence-corrected chi connectivity index (χ0v) is 10.6. The third kappa shape index (κ3) is 2.16. The molecule has 1 heterocycles. The Bertz CT molecular complexity index is 617. The van der Waals surface area contributed by atoms with Gasteiger partial charge in [0.15, 0.2) is 11.6 Å². The van der Waals surface area contributed by atoms with Crippen LogP contribution >= 0.6 is 0 Å². The van der Waals surface area contributed by atoms with Gasteiger partial charge in [0, 0.05) is 23.8 Å². The molecule has 3 heteroatoms. The number of fused-ring (bicyclic) bond motifs is 1. The van der Waals surface area contributed by atoms with Gasteiger partial charge in [-0.2, -0.15) is 0 Å². The summed E-state index contributed by atoms with van der Waals surface area (Å²) in [4.78, 5) is 28.0. The zero-order chi connectivity index (χ0) is 13.1. The Labute approximate surface area is 106 Å². The SMILES string of the molecule is CCC(=O)c1cc(C(=O)CC)c2ccccc2n1. The summed E-state index contributed by atoms with van der Waals surface area (Å²) in [5, 5.41) is 0.817. The van der Waals surface area contributed by atoms with Crippen LogP contribution in [0.4, 0.5) is 0 Å². The van der Waals surface area contributed by atoms with Crippen LogP contribution in [0.25, 0.3) is 10.9 Å². The Balaban J connectivity index is 2.72. The molecule has 92 valence electrons. The van der Waals surface area contributed by atoms with Crippen LogP contribution in [0.15, 0.2) is 30.3 Å². The average Bonchev–Trinajstić information content (AvgIpc) is 2.44. The number of hydrogen-bond donors (Lipinski definition) is 0. The van der Waals surface area contributed by atoms with Crippen LogP contribution < -0.4 is 0 Å². The van der Waals surface area contributed by atoms with Crippen LogP contribution in [0.2, 0.25) is 0 Å². The van der Waals surface area contributed by atoms with Crippen LogP contribution in [0.1, 0.15) is 47.5 Å². The first-order chi connectivity index (χ1) is 8.67. The standard InChI is InChI=1S/C15H15NO2/c1-3-14(17)11-9-13(15(18)4-2)16-12-8-6-5-7-10(11)12/h5-9H,3-4H2,1-2H3. The van der Waals surface area contributed by atoms with Crippen molar-refractivity contribution in [3.63, 3.8) is 0 Å². The van der Waals surface area contributed by atoms with Crippen LogP contribution in [0, 0.1) is 0 Å². The van der Waals surface area contributed by atoms with E-state index < -0.39 is 0 Å². The highest BCUT2D eigenvalue weighted by Crippen LogP contribution is 2.20. The Morgan fingerprint density at radius 3 is 2.39 bits per heavy atom. The van der Waals surface area contributed by atoms with Gasteiger partial charge in [-0.15, -0.1) is 0 Å². The Kier molecular flexibility index (Phi) is 3.51. The lowest BCUT2D eigenvalue weighted by Crippen LogP contribution is -2.06. The summed E-state index contributed by atoms with van der Waals surface area (Å²) in [5.74, 6) is 0.00431. The van der Waals surface area contributed by atoms with Crippen molar-refractivity contribution >= 4 is 22.5 Å². The van der Waals surface area contributed by atoms with Gasteiger partial charge in [-0.1, -0.05) is 32.0 Å². The van der Waals surface area contributed by atoms with E-state index in [1.165, 1.54) is 0 Å². The minimum absolute atomic E-state index is 0.0362. The molecule has 0 amide bonds. The second-order valence-electron chi connectivity index (χ2n) is 4.13. The van der Waals surface area contributed by atoms with Crippen molar-refractivity contribution < 1.29 is 9.59 Å². The molecule has 18 heavy (non-hydrogen) atoms. The van der Waals surface area contributed by atoms with Crippen LogP contribution in [-0.4, -0.2) is 16.6 Å². The summed E-state index contributed by atoms with van der Waals surface area (Å²) in [6.45, 7) is 3.61. The molecule has 0 saturated heterocycles. The number of benzene rings is 1. The summed E-state index contributed by atoms with van der Waals surface area (Å²) in [6.07, 6.45) is 0.818. The highest BCUT2D eigenvalue weighted by atomic mass is 16.1. The molecule has 0 atom stereocenters. The monoisotopic (exact) mass is 241 g/mol. The van der Waals surface area contributed by atoms with Gasteiger partial charge in [0.25, 0.3) is 0 Å². The van der Waals surface area contributed by atoms with E-state index in [2.05, 4.69) is 4.98 Å². The lowest BCUT2D eigenvalue weighted by atomic mass is 10.0. The minimum Gasteiger partial charge on any atom is -0.294 e. The summed E-state index contributed by atoms with van der Waals surface area (Å²) >= 11 is 0. The molecule has 0 aliphatic carbocycles. The van der Waals surface area contributed by atoms with Crippen molar-refractivity contribution in [1.82, 2.24) is 4.98 Å². The largest absolute Gasteiger partial charge is 0.294 e. The van der Waals surface area contributed by atoms with E-state index in [0.29, 0.717) is 29.6 Å². The number of Topliss-reactive ketones (excluding diaryl/α,β-unsaturated/α-hetero) is 2. The Hall–Kier alpha value is -2.03. The third-order valence-corrected chi connectivity index (χ3v) is 2.94. The van der Waals surface area contributed by atoms with Crippen LogP contribution in [-0.2, 0) is 0 Å². The second kappa shape index (κ2) is 5.08. The van der Waals surface area contributed by atoms with Crippen molar-refractivity contribution in [3.05, 3.63) is 41.6 Å². The van der Waals surface area contributed by atoms with Crippen molar-refractivity contribution in [2.45, 2.75) is 26.7 Å². The number of aromatic nitrogens is 1.